The molecule has 0 aliphatic heterocycles. The standard InChI is InChI=1S/C12H8N4O7/c17-11-8(2-1-3-9(11)15(19)20)12(18)14-13-6-7-4-5-10(23-7)16(21)22/h1-6,17H,(H,14,18)/b13-6-. The second kappa shape index (κ2) is 6.34. The van der Waals surface area contributed by atoms with Crippen molar-refractivity contribution in [1.82, 2.24) is 5.43 Å². The van der Waals surface area contributed by atoms with Crippen LogP contribution >= 0.6 is 0 Å². The van der Waals surface area contributed by atoms with Gasteiger partial charge in [0.25, 0.3) is 5.91 Å². The Balaban J connectivity index is 2.10. The fourth-order valence-corrected chi connectivity index (χ4v) is 1.59. The number of aromatic hydroxyl groups is 1. The van der Waals surface area contributed by atoms with Crippen molar-refractivity contribution in [3.63, 3.8) is 0 Å². The minimum absolute atomic E-state index is 0.0141. The summed E-state index contributed by atoms with van der Waals surface area (Å²) in [7, 11) is 0. The molecule has 11 heteroatoms. The van der Waals surface area contributed by atoms with Crippen molar-refractivity contribution in [2.45, 2.75) is 0 Å². The molecule has 23 heavy (non-hydrogen) atoms. The number of phenols is 1. The Labute approximate surface area is 127 Å². The van der Waals surface area contributed by atoms with Crippen LogP contribution in [0.3, 0.4) is 0 Å². The topological polar surface area (TPSA) is 161 Å². The normalized spacial score (nSPS) is 10.6. The van der Waals surface area contributed by atoms with Gasteiger partial charge >= 0.3 is 11.6 Å². The van der Waals surface area contributed by atoms with Gasteiger partial charge in [0.2, 0.25) is 5.75 Å². The van der Waals surface area contributed by atoms with E-state index in [9.17, 15) is 30.1 Å². The number of phenolic OH excluding ortho intramolecular Hbond substituents is 1. The summed E-state index contributed by atoms with van der Waals surface area (Å²) in [6.07, 6.45) is 0.999. The van der Waals surface area contributed by atoms with Crippen molar-refractivity contribution in [1.29, 1.82) is 0 Å². The van der Waals surface area contributed by atoms with Crippen molar-refractivity contribution in [2.24, 2.45) is 5.10 Å². The Morgan fingerprint density at radius 2 is 1.96 bits per heavy atom. The van der Waals surface area contributed by atoms with Crippen LogP contribution in [0.4, 0.5) is 11.6 Å². The number of hydrazone groups is 1. The van der Waals surface area contributed by atoms with E-state index in [2.05, 4.69) is 5.10 Å². The number of hydrogen-bond acceptors (Lipinski definition) is 8. The van der Waals surface area contributed by atoms with Gasteiger partial charge in [-0.15, -0.1) is 0 Å². The van der Waals surface area contributed by atoms with E-state index < -0.39 is 33.1 Å². The van der Waals surface area contributed by atoms with Gasteiger partial charge in [-0.2, -0.15) is 5.10 Å². The molecule has 0 saturated carbocycles. The summed E-state index contributed by atoms with van der Waals surface area (Å²) in [5, 5.41) is 34.2. The maximum atomic E-state index is 11.8. The number of nitrogens with one attached hydrogen (secondary N) is 1. The Bertz CT molecular complexity index is 811. The molecule has 0 unspecified atom stereocenters. The van der Waals surface area contributed by atoms with E-state index in [4.69, 9.17) is 4.42 Å². The predicted octanol–water partition coefficient (Wildman–Crippen LogP) is 1.57. The lowest BCUT2D eigenvalue weighted by Gasteiger charge is -2.02. The molecule has 0 aliphatic carbocycles. The number of amides is 1. The van der Waals surface area contributed by atoms with E-state index in [1.54, 1.807) is 0 Å². The first kappa shape index (κ1) is 15.6. The average Bonchev–Trinajstić information content (AvgIpc) is 2.96. The van der Waals surface area contributed by atoms with Crippen LogP contribution in [0.5, 0.6) is 5.75 Å². The zero-order valence-electron chi connectivity index (χ0n) is 11.2. The Morgan fingerprint density at radius 3 is 2.57 bits per heavy atom. The second-order valence-electron chi connectivity index (χ2n) is 4.06. The van der Waals surface area contributed by atoms with Crippen LogP contribution in [0.2, 0.25) is 0 Å². The number of rotatable bonds is 5. The van der Waals surface area contributed by atoms with Crippen LogP contribution < -0.4 is 5.43 Å². The third kappa shape index (κ3) is 3.47. The van der Waals surface area contributed by atoms with Gasteiger partial charge in [-0.05, 0) is 12.1 Å². The summed E-state index contributed by atoms with van der Waals surface area (Å²) in [4.78, 5) is 31.3. The number of carbonyl (C=O) groups is 1. The largest absolute Gasteiger partial charge is 0.502 e. The summed E-state index contributed by atoms with van der Waals surface area (Å²) in [5.41, 5.74) is 1.04. The van der Waals surface area contributed by atoms with Crippen molar-refractivity contribution >= 4 is 23.7 Å². The lowest BCUT2D eigenvalue weighted by Crippen LogP contribution is -2.17. The van der Waals surface area contributed by atoms with Gasteiger partial charge in [-0.25, -0.2) is 5.43 Å². The molecule has 0 atom stereocenters. The molecule has 0 fully saturated rings. The highest BCUT2D eigenvalue weighted by Crippen LogP contribution is 2.29. The maximum absolute atomic E-state index is 11.8. The highest BCUT2D eigenvalue weighted by Gasteiger charge is 2.20. The number of nitrogens with zero attached hydrogens (tertiary/aromatic N) is 3. The molecule has 1 aromatic heterocycles. The number of carbonyl (C=O) groups excluding carboxylic acids is 1. The monoisotopic (exact) mass is 320 g/mol. The summed E-state index contributed by atoms with van der Waals surface area (Å²) in [5.74, 6) is -2.17. The van der Waals surface area contributed by atoms with E-state index in [-0.39, 0.29) is 11.3 Å². The second-order valence-corrected chi connectivity index (χ2v) is 4.06. The molecule has 0 bridgehead atoms. The lowest BCUT2D eigenvalue weighted by atomic mass is 10.1. The molecule has 1 heterocycles. The van der Waals surface area contributed by atoms with Crippen LogP contribution in [0.1, 0.15) is 16.1 Å². The number of para-hydroxylation sites is 1. The molecule has 118 valence electrons. The van der Waals surface area contributed by atoms with E-state index in [0.29, 0.717) is 0 Å². The van der Waals surface area contributed by atoms with Crippen molar-refractivity contribution in [3.05, 3.63) is 61.9 Å². The van der Waals surface area contributed by atoms with Crippen LogP contribution in [0, 0.1) is 20.2 Å². The summed E-state index contributed by atoms with van der Waals surface area (Å²) < 4.78 is 4.77. The van der Waals surface area contributed by atoms with Crippen LogP contribution in [0.15, 0.2) is 39.9 Å². The van der Waals surface area contributed by atoms with Crippen molar-refractivity contribution < 1.29 is 24.2 Å². The maximum Gasteiger partial charge on any atom is 0.433 e. The van der Waals surface area contributed by atoms with E-state index in [0.717, 1.165) is 18.3 Å². The Morgan fingerprint density at radius 1 is 1.22 bits per heavy atom. The first-order chi connectivity index (χ1) is 10.9. The number of nitro benzene ring substituents is 1. The molecular formula is C12H8N4O7. The SMILES string of the molecule is O=C(N/N=C\c1ccc([N+](=O)[O-])o1)c1cccc([N+](=O)[O-])c1O. The molecule has 0 radical (unpaired) electrons. The van der Waals surface area contributed by atoms with Gasteiger partial charge in [0.1, 0.15) is 4.92 Å². The highest BCUT2D eigenvalue weighted by molar-refractivity contribution is 5.98. The summed E-state index contributed by atoms with van der Waals surface area (Å²) in [6, 6.07) is 5.81. The van der Waals surface area contributed by atoms with Crippen LogP contribution in [-0.4, -0.2) is 27.1 Å². The van der Waals surface area contributed by atoms with E-state index >= 15 is 0 Å². The highest BCUT2D eigenvalue weighted by atomic mass is 16.6. The molecule has 0 aliphatic rings. The van der Waals surface area contributed by atoms with Gasteiger partial charge < -0.3 is 9.52 Å². The van der Waals surface area contributed by atoms with Gasteiger partial charge in [0.05, 0.1) is 22.8 Å². The number of benzene rings is 1. The fourth-order valence-electron chi connectivity index (χ4n) is 1.59. The summed E-state index contributed by atoms with van der Waals surface area (Å²) >= 11 is 0. The van der Waals surface area contributed by atoms with Crippen molar-refractivity contribution in [3.8, 4) is 5.75 Å². The number of furan rings is 1. The minimum atomic E-state index is -0.900. The third-order valence-corrected chi connectivity index (χ3v) is 2.61. The minimum Gasteiger partial charge on any atom is -0.502 e. The van der Waals surface area contributed by atoms with Gasteiger partial charge in [-0.1, -0.05) is 6.07 Å². The Hall–Kier alpha value is -3.76. The zero-order chi connectivity index (χ0) is 17.0. The number of nitro groups is 2. The molecule has 11 nitrogen and oxygen atoms in total. The van der Waals surface area contributed by atoms with Crippen LogP contribution in [0.25, 0.3) is 0 Å². The molecule has 0 saturated heterocycles. The molecule has 2 N–H and O–H groups in total. The smallest absolute Gasteiger partial charge is 0.433 e. The first-order valence-electron chi connectivity index (χ1n) is 5.94. The molecule has 2 rings (SSSR count). The Kier molecular flexibility index (Phi) is 4.31. The zero-order valence-corrected chi connectivity index (χ0v) is 11.2. The van der Waals surface area contributed by atoms with Crippen molar-refractivity contribution in [2.75, 3.05) is 0 Å². The van der Waals surface area contributed by atoms with Gasteiger partial charge in [0, 0.05) is 6.07 Å². The fraction of sp³-hybridized carbons (Fsp3) is 0. The first-order valence-corrected chi connectivity index (χ1v) is 5.94. The average molecular weight is 320 g/mol. The molecule has 0 spiro atoms. The van der Waals surface area contributed by atoms with Gasteiger partial charge in [-0.3, -0.25) is 25.0 Å². The quantitative estimate of drug-likeness (QED) is 0.480. The number of hydrogen-bond donors (Lipinski definition) is 2. The van der Waals surface area contributed by atoms with Crippen LogP contribution in [-0.2, 0) is 0 Å². The molecule has 1 amide bonds. The summed E-state index contributed by atoms with van der Waals surface area (Å²) in [6.45, 7) is 0. The molecule has 2 aromatic rings. The predicted molar refractivity (Wildman–Crippen MR) is 75.2 cm³/mol. The molecule has 1 aromatic carbocycles. The lowest BCUT2D eigenvalue weighted by molar-refractivity contribution is -0.402. The third-order valence-electron chi connectivity index (χ3n) is 2.61. The van der Waals surface area contributed by atoms with Gasteiger partial charge in [0.15, 0.2) is 5.76 Å². The van der Waals surface area contributed by atoms with E-state index in [1.807, 2.05) is 5.43 Å². The van der Waals surface area contributed by atoms with E-state index in [1.165, 1.54) is 18.2 Å². The molecular weight excluding hydrogens is 312 g/mol.